The molecule has 0 aliphatic heterocycles. The van der Waals surface area contributed by atoms with Crippen LogP contribution in [-0.4, -0.2) is 14.4 Å². The zero-order valence-corrected chi connectivity index (χ0v) is 14.0. The third-order valence-corrected chi connectivity index (χ3v) is 4.83. The lowest BCUT2D eigenvalue weighted by Gasteiger charge is -2.07. The highest BCUT2D eigenvalue weighted by Crippen LogP contribution is 2.24. The Kier molecular flexibility index (Phi) is 4.10. The van der Waals surface area contributed by atoms with Crippen molar-refractivity contribution in [2.24, 2.45) is 0 Å². The third-order valence-electron chi connectivity index (χ3n) is 3.05. The molecule has 23 heavy (non-hydrogen) atoms. The monoisotopic (exact) mass is 394 g/mol. The first kappa shape index (κ1) is 15.6. The van der Waals surface area contributed by atoms with Crippen LogP contribution >= 0.6 is 15.9 Å². The van der Waals surface area contributed by atoms with Crippen molar-refractivity contribution in [2.45, 2.75) is 5.09 Å². The molecule has 0 aliphatic rings. The molecule has 2 aromatic carbocycles. The third kappa shape index (κ3) is 3.38. The van der Waals surface area contributed by atoms with Gasteiger partial charge in [0.15, 0.2) is 0 Å². The van der Waals surface area contributed by atoms with Crippen molar-refractivity contribution >= 4 is 48.4 Å². The highest BCUT2D eigenvalue weighted by atomic mass is 79.9. The molecule has 0 radical (unpaired) electrons. The Morgan fingerprint density at radius 1 is 1.04 bits per heavy atom. The molecule has 0 unspecified atom stereocenters. The normalized spacial score (nSPS) is 11.3. The number of furan rings is 1. The number of sulfonamides is 1. The first-order valence-electron chi connectivity index (χ1n) is 6.51. The predicted octanol–water partition coefficient (Wildman–Crippen LogP) is 3.71. The van der Waals surface area contributed by atoms with Crippen molar-refractivity contribution in [3.05, 3.63) is 59.3 Å². The van der Waals surface area contributed by atoms with E-state index in [0.717, 1.165) is 4.47 Å². The number of rotatable bonds is 3. The fraction of sp³-hybridized carbons (Fsp3) is 0. The summed E-state index contributed by atoms with van der Waals surface area (Å²) in [6, 6.07) is 12.7. The van der Waals surface area contributed by atoms with Gasteiger partial charge in [-0.15, -0.1) is 0 Å². The lowest BCUT2D eigenvalue weighted by atomic mass is 10.2. The van der Waals surface area contributed by atoms with Gasteiger partial charge in [-0.25, -0.2) is 9.52 Å². The number of urea groups is 1. The van der Waals surface area contributed by atoms with E-state index in [1.807, 2.05) is 4.72 Å². The number of fused-ring (bicyclic) bond motifs is 1. The van der Waals surface area contributed by atoms with Gasteiger partial charge in [0.2, 0.25) is 5.09 Å². The molecule has 3 rings (SSSR count). The van der Waals surface area contributed by atoms with Crippen LogP contribution in [0.2, 0.25) is 0 Å². The van der Waals surface area contributed by atoms with Gasteiger partial charge in [0.1, 0.15) is 6.26 Å². The number of halogens is 1. The minimum absolute atomic E-state index is 0.293. The molecule has 1 aromatic heterocycles. The number of hydrogen-bond acceptors (Lipinski definition) is 4. The molecule has 2 N–H and O–H groups in total. The zero-order valence-electron chi connectivity index (χ0n) is 11.6. The first-order chi connectivity index (χ1) is 11.0. The van der Waals surface area contributed by atoms with E-state index >= 15 is 0 Å². The number of benzene rings is 2. The molecule has 0 atom stereocenters. The van der Waals surface area contributed by atoms with Gasteiger partial charge >= 0.3 is 6.03 Å². The summed E-state index contributed by atoms with van der Waals surface area (Å²) >= 11 is 3.27. The van der Waals surface area contributed by atoms with E-state index in [1.54, 1.807) is 48.5 Å². The number of carbonyl (C=O) groups is 1. The number of carbonyl (C=O) groups excluding carboxylic acids is 1. The number of anilines is 1. The average Bonchev–Trinajstić information content (AvgIpc) is 2.94. The van der Waals surface area contributed by atoms with E-state index in [2.05, 4.69) is 21.2 Å². The first-order valence-corrected chi connectivity index (χ1v) is 8.79. The van der Waals surface area contributed by atoms with Gasteiger partial charge in [-0.1, -0.05) is 34.1 Å². The van der Waals surface area contributed by atoms with Crippen LogP contribution in [0, 0.1) is 0 Å². The quantitative estimate of drug-likeness (QED) is 0.708. The van der Waals surface area contributed by atoms with E-state index < -0.39 is 16.1 Å². The van der Waals surface area contributed by atoms with E-state index in [0.29, 0.717) is 16.5 Å². The molecule has 2 amide bonds. The van der Waals surface area contributed by atoms with Gasteiger partial charge in [-0.05, 0) is 30.3 Å². The van der Waals surface area contributed by atoms with Crippen molar-refractivity contribution in [3.8, 4) is 0 Å². The molecule has 1 heterocycles. The van der Waals surface area contributed by atoms with Crippen LogP contribution in [0.5, 0.6) is 0 Å². The maximum atomic E-state index is 12.3. The van der Waals surface area contributed by atoms with Crippen LogP contribution in [-0.2, 0) is 10.0 Å². The summed E-state index contributed by atoms with van der Waals surface area (Å²) in [6.45, 7) is 0. The van der Waals surface area contributed by atoms with Crippen molar-refractivity contribution in [2.75, 3.05) is 5.32 Å². The van der Waals surface area contributed by atoms with E-state index in [-0.39, 0.29) is 5.09 Å². The standard InChI is InChI=1S/C15H11BrN2O4S/c16-11-5-7-12(8-6-11)17-15(19)18-23(20,21)14-13-4-2-1-3-10(13)9-22-14/h1-9H,(H2,17,18,19). The van der Waals surface area contributed by atoms with Crippen molar-refractivity contribution < 1.29 is 17.6 Å². The molecule has 118 valence electrons. The minimum Gasteiger partial charge on any atom is -0.450 e. The molecule has 0 fully saturated rings. The zero-order chi connectivity index (χ0) is 16.4. The molecular weight excluding hydrogens is 384 g/mol. The Morgan fingerprint density at radius 2 is 1.74 bits per heavy atom. The van der Waals surface area contributed by atoms with Gasteiger partial charge in [-0.3, -0.25) is 0 Å². The fourth-order valence-corrected chi connectivity index (χ4v) is 3.33. The second-order valence-electron chi connectivity index (χ2n) is 4.68. The Labute approximate surface area is 140 Å². The van der Waals surface area contributed by atoms with Crippen LogP contribution in [0.15, 0.2) is 68.8 Å². The van der Waals surface area contributed by atoms with E-state index in [9.17, 15) is 13.2 Å². The summed E-state index contributed by atoms with van der Waals surface area (Å²) in [7, 11) is -4.11. The van der Waals surface area contributed by atoms with Gasteiger partial charge in [0.25, 0.3) is 10.0 Å². The Balaban J connectivity index is 1.80. The van der Waals surface area contributed by atoms with E-state index in [1.165, 1.54) is 6.26 Å². The molecule has 0 spiro atoms. The molecule has 0 saturated carbocycles. The van der Waals surface area contributed by atoms with Crippen LogP contribution < -0.4 is 10.0 Å². The molecule has 3 aromatic rings. The van der Waals surface area contributed by atoms with Crippen LogP contribution in [0.25, 0.3) is 10.8 Å². The maximum Gasteiger partial charge on any atom is 0.333 e. The molecule has 8 heteroatoms. The second-order valence-corrected chi connectivity index (χ2v) is 7.17. The lowest BCUT2D eigenvalue weighted by molar-refractivity contribution is 0.256. The number of amides is 2. The largest absolute Gasteiger partial charge is 0.450 e. The number of hydrogen-bond donors (Lipinski definition) is 2. The SMILES string of the molecule is O=C(Nc1ccc(Br)cc1)NS(=O)(=O)c1occ2ccccc12. The Hall–Kier alpha value is -2.32. The van der Waals surface area contributed by atoms with Gasteiger partial charge in [0.05, 0.1) is 0 Å². The summed E-state index contributed by atoms with van der Waals surface area (Å²) in [5.41, 5.74) is 0.463. The summed E-state index contributed by atoms with van der Waals surface area (Å²) < 4.78 is 32.5. The molecule has 6 nitrogen and oxygen atoms in total. The van der Waals surface area contributed by atoms with Crippen LogP contribution in [0.3, 0.4) is 0 Å². The fourth-order valence-electron chi connectivity index (χ4n) is 2.03. The van der Waals surface area contributed by atoms with Crippen molar-refractivity contribution in [1.82, 2.24) is 4.72 Å². The van der Waals surface area contributed by atoms with Crippen molar-refractivity contribution in [3.63, 3.8) is 0 Å². The van der Waals surface area contributed by atoms with Crippen LogP contribution in [0.1, 0.15) is 0 Å². The molecular formula is C15H11BrN2O4S. The summed E-state index contributed by atoms with van der Waals surface area (Å²) in [6.07, 6.45) is 1.33. The van der Waals surface area contributed by atoms with Gasteiger partial charge in [0, 0.05) is 20.9 Å². The summed E-state index contributed by atoms with van der Waals surface area (Å²) in [5.74, 6) is 0. The minimum atomic E-state index is -4.11. The van der Waals surface area contributed by atoms with Gasteiger partial charge < -0.3 is 9.73 Å². The summed E-state index contributed by atoms with van der Waals surface area (Å²) in [4.78, 5) is 11.9. The van der Waals surface area contributed by atoms with Crippen LogP contribution in [0.4, 0.5) is 10.5 Å². The second kappa shape index (κ2) is 6.05. The highest BCUT2D eigenvalue weighted by molar-refractivity contribution is 9.10. The smallest absolute Gasteiger partial charge is 0.333 e. The Morgan fingerprint density at radius 3 is 2.48 bits per heavy atom. The maximum absolute atomic E-state index is 12.3. The molecule has 0 bridgehead atoms. The number of nitrogens with one attached hydrogen (secondary N) is 2. The molecule has 0 saturated heterocycles. The van der Waals surface area contributed by atoms with Gasteiger partial charge in [-0.2, -0.15) is 8.42 Å². The highest BCUT2D eigenvalue weighted by Gasteiger charge is 2.24. The molecule has 0 aliphatic carbocycles. The summed E-state index contributed by atoms with van der Waals surface area (Å²) in [5, 5.41) is 3.20. The lowest BCUT2D eigenvalue weighted by Crippen LogP contribution is -2.34. The predicted molar refractivity (Wildman–Crippen MR) is 89.7 cm³/mol. The topological polar surface area (TPSA) is 88.4 Å². The Bertz CT molecular complexity index is 965. The van der Waals surface area contributed by atoms with E-state index in [4.69, 9.17) is 4.42 Å². The van der Waals surface area contributed by atoms with Crippen molar-refractivity contribution in [1.29, 1.82) is 0 Å². The average molecular weight is 395 g/mol.